The highest BCUT2D eigenvalue weighted by atomic mass is 16.1. The molecular weight excluding hydrogens is 334 g/mol. The molecule has 138 valence electrons. The van der Waals surface area contributed by atoms with Gasteiger partial charge in [-0.3, -0.25) is 4.79 Å². The van der Waals surface area contributed by atoms with Crippen molar-refractivity contribution in [3.05, 3.63) is 65.5 Å². The quantitative estimate of drug-likeness (QED) is 0.498. The first-order chi connectivity index (χ1) is 13.0. The number of aldehydes is 1. The van der Waals surface area contributed by atoms with Crippen LogP contribution in [0.4, 0.5) is 5.69 Å². The van der Waals surface area contributed by atoms with E-state index in [0.29, 0.717) is 17.3 Å². The van der Waals surface area contributed by atoms with Gasteiger partial charge < -0.3 is 5.73 Å². The third-order valence-electron chi connectivity index (χ3n) is 4.69. The van der Waals surface area contributed by atoms with Crippen LogP contribution in [0.3, 0.4) is 0 Å². The molecule has 4 heteroatoms. The molecule has 2 N–H and O–H groups in total. The van der Waals surface area contributed by atoms with Gasteiger partial charge in [-0.15, -0.1) is 0 Å². The fraction of sp³-hybridized carbons (Fsp3) is 0.261. The van der Waals surface area contributed by atoms with Crippen LogP contribution in [0.25, 0.3) is 22.5 Å². The Kier molecular flexibility index (Phi) is 5.65. The van der Waals surface area contributed by atoms with Crippen molar-refractivity contribution in [1.29, 1.82) is 0 Å². The summed E-state index contributed by atoms with van der Waals surface area (Å²) in [6.45, 7) is 6.40. The Morgan fingerprint density at radius 3 is 2.41 bits per heavy atom. The normalized spacial score (nSPS) is 11.0. The van der Waals surface area contributed by atoms with E-state index < -0.39 is 0 Å². The zero-order valence-electron chi connectivity index (χ0n) is 16.1. The summed E-state index contributed by atoms with van der Waals surface area (Å²) < 4.78 is 0. The minimum Gasteiger partial charge on any atom is -0.398 e. The van der Waals surface area contributed by atoms with Crippen molar-refractivity contribution in [3.8, 4) is 22.5 Å². The summed E-state index contributed by atoms with van der Waals surface area (Å²) in [5.74, 6) is 1.20. The second-order valence-electron chi connectivity index (χ2n) is 7.15. The molecule has 0 unspecified atom stereocenters. The maximum Gasteiger partial charge on any atom is 0.159 e. The number of hydrogen-bond acceptors (Lipinski definition) is 4. The topological polar surface area (TPSA) is 68.9 Å². The summed E-state index contributed by atoms with van der Waals surface area (Å²) in [5, 5.41) is 0. The third kappa shape index (κ3) is 4.05. The second-order valence-corrected chi connectivity index (χ2v) is 7.15. The lowest BCUT2D eigenvalue weighted by Gasteiger charge is -2.11. The van der Waals surface area contributed by atoms with Gasteiger partial charge in [0.05, 0.1) is 0 Å². The molecule has 3 aromatic rings. The van der Waals surface area contributed by atoms with Gasteiger partial charge in [0.1, 0.15) is 6.29 Å². The van der Waals surface area contributed by atoms with Crippen LogP contribution in [-0.4, -0.2) is 16.3 Å². The zero-order chi connectivity index (χ0) is 19.4. The Bertz CT molecular complexity index is 946. The fourth-order valence-electron chi connectivity index (χ4n) is 3.36. The number of nitrogens with zero attached hydrogens (tertiary/aromatic N) is 2. The number of anilines is 1. The number of carbonyl (C=O) groups is 1. The van der Waals surface area contributed by atoms with Crippen molar-refractivity contribution in [2.75, 3.05) is 5.73 Å². The maximum absolute atomic E-state index is 11.3. The molecule has 0 saturated carbocycles. The smallest absolute Gasteiger partial charge is 0.159 e. The molecule has 0 aliphatic rings. The van der Waals surface area contributed by atoms with E-state index >= 15 is 0 Å². The highest BCUT2D eigenvalue weighted by Crippen LogP contribution is 2.27. The number of carbonyl (C=O) groups excluding carboxylic acids is 1. The van der Waals surface area contributed by atoms with Gasteiger partial charge in [0, 0.05) is 34.8 Å². The largest absolute Gasteiger partial charge is 0.398 e. The summed E-state index contributed by atoms with van der Waals surface area (Å²) in [6.07, 6.45) is 6.25. The molecule has 0 atom stereocenters. The number of hydrogen-bond donors (Lipinski definition) is 1. The molecule has 0 amide bonds. The minimum atomic E-state index is 0.559. The first kappa shape index (κ1) is 18.8. The molecule has 0 bridgehead atoms. The molecule has 1 heterocycles. The van der Waals surface area contributed by atoms with Gasteiger partial charge in [-0.1, -0.05) is 51.1 Å². The molecule has 0 aliphatic carbocycles. The molecule has 0 aliphatic heterocycles. The van der Waals surface area contributed by atoms with Gasteiger partial charge in [0.2, 0.25) is 0 Å². The lowest BCUT2D eigenvalue weighted by Crippen LogP contribution is -2.00. The van der Waals surface area contributed by atoms with E-state index in [0.717, 1.165) is 52.6 Å². The molecule has 27 heavy (non-hydrogen) atoms. The molecule has 0 fully saturated rings. The summed E-state index contributed by atoms with van der Waals surface area (Å²) in [6, 6.07) is 11.8. The van der Waals surface area contributed by atoms with Crippen molar-refractivity contribution in [1.82, 2.24) is 9.97 Å². The van der Waals surface area contributed by atoms with E-state index in [-0.39, 0.29) is 0 Å². The van der Waals surface area contributed by atoms with Gasteiger partial charge in [-0.2, -0.15) is 0 Å². The fourth-order valence-corrected chi connectivity index (χ4v) is 3.36. The average Bonchev–Trinajstić information content (AvgIpc) is 2.68. The number of nitrogens with two attached hydrogens (primary N) is 1. The summed E-state index contributed by atoms with van der Waals surface area (Å²) in [7, 11) is 0. The molecule has 3 rings (SSSR count). The van der Waals surface area contributed by atoms with E-state index in [1.165, 1.54) is 0 Å². The SMILES string of the molecule is CCc1c(C=O)cccc1-c1cnc(-c2ccc(CC(C)C)c(N)c2)nc1. The predicted octanol–water partition coefficient (Wildman–Crippen LogP) is 4.97. The highest BCUT2D eigenvalue weighted by molar-refractivity contribution is 5.83. The standard InChI is InChI=1S/C23H25N3O/c1-4-20-18(14-27)6-5-7-21(20)19-12-25-23(26-13-19)17-9-8-16(10-15(2)3)22(24)11-17/h5-9,11-15H,4,10,24H2,1-3H3. The van der Waals surface area contributed by atoms with Crippen LogP contribution in [0, 0.1) is 5.92 Å². The molecule has 0 saturated heterocycles. The zero-order valence-corrected chi connectivity index (χ0v) is 16.1. The minimum absolute atomic E-state index is 0.559. The Hall–Kier alpha value is -3.01. The molecule has 1 aromatic heterocycles. The number of nitrogen functional groups attached to an aromatic ring is 1. The molecule has 4 nitrogen and oxygen atoms in total. The second kappa shape index (κ2) is 8.12. The summed E-state index contributed by atoms with van der Waals surface area (Å²) >= 11 is 0. The third-order valence-corrected chi connectivity index (χ3v) is 4.69. The van der Waals surface area contributed by atoms with E-state index in [9.17, 15) is 4.79 Å². The van der Waals surface area contributed by atoms with E-state index in [4.69, 9.17) is 5.73 Å². The Labute approximate surface area is 160 Å². The van der Waals surface area contributed by atoms with Crippen molar-refractivity contribution >= 4 is 12.0 Å². The summed E-state index contributed by atoms with van der Waals surface area (Å²) in [5.41, 5.74) is 12.7. The van der Waals surface area contributed by atoms with Crippen LogP contribution in [0.15, 0.2) is 48.8 Å². The van der Waals surface area contributed by atoms with Crippen LogP contribution >= 0.6 is 0 Å². The number of rotatable bonds is 6. The van der Waals surface area contributed by atoms with Crippen molar-refractivity contribution < 1.29 is 4.79 Å². The number of aromatic nitrogens is 2. The van der Waals surface area contributed by atoms with Gasteiger partial charge >= 0.3 is 0 Å². The average molecular weight is 359 g/mol. The Morgan fingerprint density at radius 2 is 1.81 bits per heavy atom. The van der Waals surface area contributed by atoms with Crippen LogP contribution in [0.5, 0.6) is 0 Å². The van der Waals surface area contributed by atoms with E-state index in [1.54, 1.807) is 0 Å². The van der Waals surface area contributed by atoms with Gasteiger partial charge in [-0.05, 0) is 41.5 Å². The lowest BCUT2D eigenvalue weighted by atomic mass is 9.96. The monoisotopic (exact) mass is 359 g/mol. The van der Waals surface area contributed by atoms with Gasteiger partial charge in [-0.25, -0.2) is 9.97 Å². The van der Waals surface area contributed by atoms with E-state index in [2.05, 4.69) is 29.9 Å². The van der Waals surface area contributed by atoms with Crippen LogP contribution in [-0.2, 0) is 12.8 Å². The first-order valence-electron chi connectivity index (χ1n) is 9.31. The van der Waals surface area contributed by atoms with Crippen LogP contribution in [0.2, 0.25) is 0 Å². The van der Waals surface area contributed by atoms with Crippen LogP contribution < -0.4 is 5.73 Å². The predicted molar refractivity (Wildman–Crippen MR) is 111 cm³/mol. The van der Waals surface area contributed by atoms with Gasteiger partial charge in [0.25, 0.3) is 0 Å². The molecule has 0 radical (unpaired) electrons. The Morgan fingerprint density at radius 1 is 1.07 bits per heavy atom. The first-order valence-corrected chi connectivity index (χ1v) is 9.31. The highest BCUT2D eigenvalue weighted by Gasteiger charge is 2.11. The van der Waals surface area contributed by atoms with Crippen molar-refractivity contribution in [2.45, 2.75) is 33.6 Å². The number of benzene rings is 2. The van der Waals surface area contributed by atoms with Crippen molar-refractivity contribution in [3.63, 3.8) is 0 Å². The van der Waals surface area contributed by atoms with E-state index in [1.807, 2.05) is 49.6 Å². The molecule has 2 aromatic carbocycles. The lowest BCUT2D eigenvalue weighted by molar-refractivity contribution is 0.112. The van der Waals surface area contributed by atoms with Crippen molar-refractivity contribution in [2.24, 2.45) is 5.92 Å². The summed E-state index contributed by atoms with van der Waals surface area (Å²) in [4.78, 5) is 20.4. The van der Waals surface area contributed by atoms with Gasteiger partial charge in [0.15, 0.2) is 5.82 Å². The molecular formula is C23H25N3O. The molecule has 0 spiro atoms. The van der Waals surface area contributed by atoms with Crippen LogP contribution in [0.1, 0.15) is 42.3 Å². The maximum atomic E-state index is 11.3. The Balaban J connectivity index is 1.93.